The molecular weight excluding hydrogens is 440 g/mol. The molecule has 34 heavy (non-hydrogen) atoms. The number of pyridine rings is 2. The number of nitrogens with zero attached hydrogens (tertiary/aromatic N) is 3. The Balaban J connectivity index is 0.000000192. The third-order valence-electron chi connectivity index (χ3n) is 4.98. The Kier molecular flexibility index (Phi) is 7.70. The Bertz CT molecular complexity index is 1390. The number of rotatable bonds is 6. The van der Waals surface area contributed by atoms with E-state index in [1.54, 1.807) is 24.4 Å². The highest BCUT2D eigenvalue weighted by Gasteiger charge is 2.16. The van der Waals surface area contributed by atoms with E-state index in [-0.39, 0.29) is 23.1 Å². The van der Waals surface area contributed by atoms with E-state index in [2.05, 4.69) is 24.9 Å². The van der Waals surface area contributed by atoms with Gasteiger partial charge in [0.2, 0.25) is 11.7 Å². The molecule has 0 bridgehead atoms. The van der Waals surface area contributed by atoms with Crippen molar-refractivity contribution in [3.8, 4) is 5.88 Å². The number of hydrogen-bond donors (Lipinski definition) is 3. The molecule has 4 aromatic rings. The molecule has 11 heteroatoms. The van der Waals surface area contributed by atoms with E-state index in [0.29, 0.717) is 29.1 Å². The minimum absolute atomic E-state index is 0.264. The van der Waals surface area contributed by atoms with Crippen LogP contribution in [-0.2, 0) is 12.8 Å². The summed E-state index contributed by atoms with van der Waals surface area (Å²) in [6, 6.07) is 4.99. The summed E-state index contributed by atoms with van der Waals surface area (Å²) < 4.78 is 5.96. The van der Waals surface area contributed by atoms with E-state index in [1.165, 1.54) is 31.9 Å². The van der Waals surface area contributed by atoms with Crippen molar-refractivity contribution in [2.45, 2.75) is 26.7 Å². The number of methoxy groups -OCH3 is 1. The Labute approximate surface area is 193 Å². The van der Waals surface area contributed by atoms with Crippen molar-refractivity contribution in [2.24, 2.45) is 0 Å². The third kappa shape index (κ3) is 5.26. The Morgan fingerprint density at radius 1 is 1.06 bits per heavy atom. The number of nitrogens with one attached hydrogen (secondary N) is 3. The van der Waals surface area contributed by atoms with Crippen molar-refractivity contribution in [3.05, 3.63) is 98.2 Å². The highest BCUT2D eigenvalue weighted by molar-refractivity contribution is 6.08. The molecule has 4 aromatic heterocycles. The zero-order valence-electron chi connectivity index (χ0n) is 18.9. The molecule has 0 aliphatic heterocycles. The van der Waals surface area contributed by atoms with E-state index >= 15 is 0 Å². The molecule has 0 saturated carbocycles. The van der Waals surface area contributed by atoms with Gasteiger partial charge in [-0.1, -0.05) is 13.8 Å². The van der Waals surface area contributed by atoms with Crippen molar-refractivity contribution in [1.29, 1.82) is 0 Å². The van der Waals surface area contributed by atoms with Gasteiger partial charge in [0.25, 0.3) is 5.91 Å². The first-order valence-corrected chi connectivity index (χ1v) is 10.5. The maximum atomic E-state index is 12.2. The molecule has 0 atom stereocenters. The second-order valence-corrected chi connectivity index (χ2v) is 7.03. The first kappa shape index (κ1) is 24.1. The van der Waals surface area contributed by atoms with Gasteiger partial charge in [-0.25, -0.2) is 19.1 Å². The van der Waals surface area contributed by atoms with Crippen LogP contribution in [0.25, 0.3) is 0 Å². The molecule has 0 amide bonds. The molecule has 4 heterocycles. The topological polar surface area (TPSA) is 156 Å². The summed E-state index contributed by atoms with van der Waals surface area (Å²) in [5.41, 5.74) is 1.82. The fourth-order valence-corrected chi connectivity index (χ4v) is 3.19. The van der Waals surface area contributed by atoms with Crippen LogP contribution in [0.2, 0.25) is 0 Å². The predicted octanol–water partition coefficient (Wildman–Crippen LogP) is 1.72. The van der Waals surface area contributed by atoms with Gasteiger partial charge >= 0.3 is 11.4 Å². The van der Waals surface area contributed by atoms with Crippen LogP contribution in [0, 0.1) is 0 Å². The Morgan fingerprint density at radius 2 is 1.85 bits per heavy atom. The van der Waals surface area contributed by atoms with Crippen molar-refractivity contribution >= 4 is 11.7 Å². The molecule has 0 saturated heterocycles. The third-order valence-corrected chi connectivity index (χ3v) is 4.98. The minimum atomic E-state index is -0.434. The lowest BCUT2D eigenvalue weighted by atomic mass is 10.1. The molecule has 3 N–H and O–H groups in total. The number of imidazole rings is 2. The van der Waals surface area contributed by atoms with Gasteiger partial charge in [0, 0.05) is 48.3 Å². The lowest BCUT2D eigenvalue weighted by Gasteiger charge is -2.04. The standard InChI is InChI=1S/C12H13N3O3.C11H11N3O2/c1-3-8-10(15-12(17)14-8)11(16)7-4-5-9(18-2)13-6-7;1-2-8-3-4-12-7-9(8)10(15)14-6-5-13-11(14)16/h4-6H,3H2,1-2H3,(H2,14,15,17);3-7H,2H2,1H3,(H,13,16). The summed E-state index contributed by atoms with van der Waals surface area (Å²) in [6.45, 7) is 3.81. The number of hydrogen-bond acceptors (Lipinski definition) is 7. The van der Waals surface area contributed by atoms with Crippen molar-refractivity contribution < 1.29 is 14.3 Å². The van der Waals surface area contributed by atoms with E-state index in [9.17, 15) is 19.2 Å². The largest absolute Gasteiger partial charge is 0.481 e. The van der Waals surface area contributed by atoms with Gasteiger partial charge in [-0.3, -0.25) is 14.6 Å². The van der Waals surface area contributed by atoms with Crippen LogP contribution in [-0.4, -0.2) is 48.3 Å². The van der Waals surface area contributed by atoms with Crippen LogP contribution >= 0.6 is 0 Å². The molecule has 0 radical (unpaired) electrons. The second kappa shape index (κ2) is 10.9. The SMILES string of the molecule is CCc1[nH]c(=O)[nH]c1C(=O)c1ccc(OC)nc1.CCc1ccncc1C(=O)n1cc[nH]c1=O. The summed E-state index contributed by atoms with van der Waals surface area (Å²) in [5.74, 6) is -0.179. The minimum Gasteiger partial charge on any atom is -0.481 e. The highest BCUT2D eigenvalue weighted by Crippen LogP contribution is 2.12. The van der Waals surface area contributed by atoms with Crippen molar-refractivity contribution in [2.75, 3.05) is 7.11 Å². The summed E-state index contributed by atoms with van der Waals surface area (Å²) in [5, 5.41) is 0. The zero-order valence-corrected chi connectivity index (χ0v) is 18.9. The van der Waals surface area contributed by atoms with E-state index in [4.69, 9.17) is 4.74 Å². The number of aromatic amines is 3. The van der Waals surface area contributed by atoms with Crippen molar-refractivity contribution in [3.63, 3.8) is 0 Å². The number of ether oxygens (including phenoxy) is 1. The number of H-pyrrole nitrogens is 3. The molecule has 0 aliphatic rings. The van der Waals surface area contributed by atoms with Gasteiger partial charge in [0.1, 0.15) is 5.69 Å². The molecule has 0 aromatic carbocycles. The summed E-state index contributed by atoms with van der Waals surface area (Å²) in [7, 11) is 1.50. The lowest BCUT2D eigenvalue weighted by Crippen LogP contribution is -2.25. The van der Waals surface area contributed by atoms with Crippen LogP contribution in [0.5, 0.6) is 5.88 Å². The molecule has 176 valence electrons. The van der Waals surface area contributed by atoms with Crippen LogP contribution in [0.3, 0.4) is 0 Å². The number of ketones is 1. The maximum absolute atomic E-state index is 12.2. The fraction of sp³-hybridized carbons (Fsp3) is 0.217. The predicted molar refractivity (Wildman–Crippen MR) is 123 cm³/mol. The van der Waals surface area contributed by atoms with Gasteiger partial charge < -0.3 is 19.7 Å². The monoisotopic (exact) mass is 464 g/mol. The fourth-order valence-electron chi connectivity index (χ4n) is 3.19. The van der Waals surface area contributed by atoms with Gasteiger partial charge in [-0.05, 0) is 30.5 Å². The van der Waals surface area contributed by atoms with Crippen molar-refractivity contribution in [1.82, 2.24) is 29.5 Å². The van der Waals surface area contributed by atoms with E-state index in [0.717, 1.165) is 16.6 Å². The van der Waals surface area contributed by atoms with Crippen LogP contribution in [0.15, 0.2) is 58.8 Å². The van der Waals surface area contributed by atoms with Crippen LogP contribution in [0.1, 0.15) is 51.5 Å². The molecule has 0 spiro atoms. The second-order valence-electron chi connectivity index (χ2n) is 7.03. The number of aromatic nitrogens is 6. The van der Waals surface area contributed by atoms with Gasteiger partial charge in [0.05, 0.1) is 12.7 Å². The van der Waals surface area contributed by atoms with Gasteiger partial charge in [-0.15, -0.1) is 0 Å². The molecule has 11 nitrogen and oxygen atoms in total. The summed E-state index contributed by atoms with van der Waals surface area (Å²) in [4.78, 5) is 62.1. The highest BCUT2D eigenvalue weighted by atomic mass is 16.5. The Morgan fingerprint density at radius 3 is 2.44 bits per heavy atom. The van der Waals surface area contributed by atoms with Crippen LogP contribution in [0.4, 0.5) is 0 Å². The quantitative estimate of drug-likeness (QED) is 0.367. The van der Waals surface area contributed by atoms with E-state index in [1.807, 2.05) is 13.8 Å². The first-order chi connectivity index (χ1) is 16.4. The average Bonchev–Trinajstić information content (AvgIpc) is 3.48. The smallest absolute Gasteiger partial charge is 0.332 e. The zero-order chi connectivity index (χ0) is 24.7. The average molecular weight is 464 g/mol. The maximum Gasteiger partial charge on any atom is 0.332 e. The Hall–Kier alpha value is -4.54. The molecule has 0 unspecified atom stereocenters. The number of aryl methyl sites for hydroxylation is 2. The van der Waals surface area contributed by atoms with Gasteiger partial charge in [0.15, 0.2) is 0 Å². The molecule has 0 fully saturated rings. The molecule has 0 aliphatic carbocycles. The number of carbonyl (C=O) groups is 2. The first-order valence-electron chi connectivity index (χ1n) is 10.5. The summed E-state index contributed by atoms with van der Waals surface area (Å²) >= 11 is 0. The molecular formula is C23H24N6O5. The van der Waals surface area contributed by atoms with Crippen LogP contribution < -0.4 is 16.1 Å². The van der Waals surface area contributed by atoms with Gasteiger partial charge in [-0.2, -0.15) is 0 Å². The summed E-state index contributed by atoms with van der Waals surface area (Å²) in [6.07, 6.45) is 8.69. The lowest BCUT2D eigenvalue weighted by molar-refractivity contribution is 0.0954. The number of carbonyl (C=O) groups excluding carboxylic acids is 2. The normalized spacial score (nSPS) is 10.3. The van der Waals surface area contributed by atoms with E-state index < -0.39 is 5.69 Å². The molecule has 4 rings (SSSR count).